The molecule has 4 aromatic rings. The topological polar surface area (TPSA) is 66.5 Å². The van der Waals surface area contributed by atoms with Gasteiger partial charge in [-0.3, -0.25) is 0 Å². The average Bonchev–Trinajstić information content (AvgIpc) is 3.04. The average molecular weight is 349 g/mol. The second-order valence-electron chi connectivity index (χ2n) is 7.24. The Bertz CT molecular complexity index is 1090. The number of H-pyrrole nitrogens is 1. The Hall–Kier alpha value is -2.47. The third-order valence-corrected chi connectivity index (χ3v) is 5.95. The molecule has 0 radical (unpaired) electrons. The van der Waals surface area contributed by atoms with E-state index in [4.69, 9.17) is 0 Å². The van der Waals surface area contributed by atoms with Gasteiger partial charge >= 0.3 is 0 Å². The minimum Gasteiger partial charge on any atom is -0.354 e. The summed E-state index contributed by atoms with van der Waals surface area (Å²) >= 11 is 1.72. The van der Waals surface area contributed by atoms with Gasteiger partial charge in [0.1, 0.15) is 5.65 Å². The van der Waals surface area contributed by atoms with Crippen molar-refractivity contribution in [3.05, 3.63) is 35.6 Å². The molecular weight excluding hydrogens is 330 g/mol. The van der Waals surface area contributed by atoms with Gasteiger partial charge in [-0.2, -0.15) is 4.98 Å². The number of benzene rings is 1. The van der Waals surface area contributed by atoms with Crippen molar-refractivity contribution in [2.75, 3.05) is 11.9 Å². The van der Waals surface area contributed by atoms with Gasteiger partial charge in [0, 0.05) is 29.9 Å². The predicted octanol–water partition coefficient (Wildman–Crippen LogP) is 4.76. The minimum absolute atomic E-state index is 0.432. The predicted molar refractivity (Wildman–Crippen MR) is 103 cm³/mol. The van der Waals surface area contributed by atoms with Crippen LogP contribution in [0.1, 0.15) is 24.8 Å². The molecule has 3 heterocycles. The zero-order valence-corrected chi connectivity index (χ0v) is 15.1. The van der Waals surface area contributed by atoms with Crippen molar-refractivity contribution in [2.24, 2.45) is 5.41 Å². The van der Waals surface area contributed by atoms with Gasteiger partial charge in [-0.25, -0.2) is 9.97 Å². The number of anilines is 1. The summed E-state index contributed by atoms with van der Waals surface area (Å²) in [7, 11) is 0. The molecule has 1 saturated carbocycles. The number of rotatable bonds is 4. The van der Waals surface area contributed by atoms with Gasteiger partial charge in [0.2, 0.25) is 5.95 Å². The number of nitrogens with zero attached hydrogens (tertiary/aromatic N) is 3. The van der Waals surface area contributed by atoms with E-state index in [-0.39, 0.29) is 0 Å². The van der Waals surface area contributed by atoms with E-state index in [0.717, 1.165) is 39.2 Å². The molecule has 1 aromatic carbocycles. The lowest BCUT2D eigenvalue weighted by atomic mass is 10.1. The van der Waals surface area contributed by atoms with Crippen molar-refractivity contribution in [1.29, 1.82) is 0 Å². The van der Waals surface area contributed by atoms with E-state index < -0.39 is 0 Å². The lowest BCUT2D eigenvalue weighted by Gasteiger charge is -2.09. The van der Waals surface area contributed by atoms with Gasteiger partial charge in [-0.15, -0.1) is 11.3 Å². The molecular formula is C19H19N5S. The van der Waals surface area contributed by atoms with E-state index in [1.54, 1.807) is 11.3 Å². The molecule has 0 atom stereocenters. The molecule has 2 N–H and O–H groups in total. The van der Waals surface area contributed by atoms with Crippen LogP contribution in [-0.4, -0.2) is 26.5 Å². The lowest BCUT2D eigenvalue weighted by Crippen LogP contribution is -2.13. The molecule has 0 spiro atoms. The van der Waals surface area contributed by atoms with Crippen molar-refractivity contribution < 1.29 is 0 Å². The maximum atomic E-state index is 4.63. The molecule has 6 heteroatoms. The number of fused-ring (bicyclic) bond motifs is 2. The second-order valence-corrected chi connectivity index (χ2v) is 8.47. The van der Waals surface area contributed by atoms with Crippen LogP contribution in [0, 0.1) is 12.3 Å². The number of hydrogen-bond donors (Lipinski definition) is 2. The highest BCUT2D eigenvalue weighted by atomic mass is 32.1. The summed E-state index contributed by atoms with van der Waals surface area (Å²) < 4.78 is 1.21. The number of aromatic amines is 1. The molecule has 1 aliphatic carbocycles. The third-order valence-electron chi connectivity index (χ3n) is 5.02. The van der Waals surface area contributed by atoms with E-state index in [1.165, 1.54) is 17.5 Å². The molecule has 5 rings (SSSR count). The number of aromatic nitrogens is 4. The van der Waals surface area contributed by atoms with Crippen LogP contribution in [0.15, 0.2) is 30.6 Å². The van der Waals surface area contributed by atoms with Crippen LogP contribution in [0.5, 0.6) is 0 Å². The minimum atomic E-state index is 0.432. The highest BCUT2D eigenvalue weighted by molar-refractivity contribution is 7.18. The first-order chi connectivity index (χ1) is 12.1. The summed E-state index contributed by atoms with van der Waals surface area (Å²) in [5.41, 5.74) is 4.65. The van der Waals surface area contributed by atoms with Gasteiger partial charge in [-0.05, 0) is 42.9 Å². The van der Waals surface area contributed by atoms with Gasteiger partial charge in [0.05, 0.1) is 15.2 Å². The summed E-state index contributed by atoms with van der Waals surface area (Å²) in [6, 6.07) is 6.40. The van der Waals surface area contributed by atoms with E-state index in [0.29, 0.717) is 11.4 Å². The first-order valence-corrected chi connectivity index (χ1v) is 9.37. The highest BCUT2D eigenvalue weighted by Crippen LogP contribution is 2.44. The van der Waals surface area contributed by atoms with E-state index in [2.05, 4.69) is 50.4 Å². The molecule has 1 aliphatic rings. The van der Waals surface area contributed by atoms with Gasteiger partial charge in [0.25, 0.3) is 0 Å². The molecule has 0 aliphatic heterocycles. The van der Waals surface area contributed by atoms with E-state index >= 15 is 0 Å². The zero-order chi connectivity index (χ0) is 17.0. The van der Waals surface area contributed by atoms with Gasteiger partial charge < -0.3 is 10.3 Å². The first kappa shape index (κ1) is 14.8. The Morgan fingerprint density at radius 2 is 2.16 bits per heavy atom. The van der Waals surface area contributed by atoms with Crippen LogP contribution < -0.4 is 5.32 Å². The van der Waals surface area contributed by atoms with Gasteiger partial charge in [-0.1, -0.05) is 13.0 Å². The largest absolute Gasteiger partial charge is 0.354 e. The van der Waals surface area contributed by atoms with Crippen LogP contribution in [0.2, 0.25) is 0 Å². The van der Waals surface area contributed by atoms with Gasteiger partial charge in [0.15, 0.2) is 0 Å². The zero-order valence-electron chi connectivity index (χ0n) is 14.3. The van der Waals surface area contributed by atoms with Crippen molar-refractivity contribution >= 4 is 38.5 Å². The number of nitrogens with one attached hydrogen (secondary N) is 2. The number of thiazole rings is 1. The van der Waals surface area contributed by atoms with E-state index in [9.17, 15) is 0 Å². The van der Waals surface area contributed by atoms with Crippen molar-refractivity contribution in [3.8, 4) is 11.1 Å². The smallest absolute Gasteiger partial charge is 0.224 e. The van der Waals surface area contributed by atoms with Crippen LogP contribution in [0.3, 0.4) is 0 Å². The molecule has 5 nitrogen and oxygen atoms in total. The second kappa shape index (κ2) is 5.26. The Morgan fingerprint density at radius 3 is 3.00 bits per heavy atom. The fourth-order valence-electron chi connectivity index (χ4n) is 3.12. The van der Waals surface area contributed by atoms with Crippen molar-refractivity contribution in [1.82, 2.24) is 19.9 Å². The molecule has 1 fully saturated rings. The van der Waals surface area contributed by atoms with E-state index in [1.807, 2.05) is 19.3 Å². The summed E-state index contributed by atoms with van der Waals surface area (Å²) in [4.78, 5) is 17.0. The summed E-state index contributed by atoms with van der Waals surface area (Å²) in [6.07, 6.45) is 6.50. The summed E-state index contributed by atoms with van der Waals surface area (Å²) in [5, 5.41) is 5.50. The lowest BCUT2D eigenvalue weighted by molar-refractivity contribution is 0.608. The Kier molecular flexibility index (Phi) is 3.12. The van der Waals surface area contributed by atoms with Crippen LogP contribution in [0.25, 0.3) is 32.4 Å². The van der Waals surface area contributed by atoms with Crippen LogP contribution in [0.4, 0.5) is 5.95 Å². The first-order valence-electron chi connectivity index (χ1n) is 8.55. The molecule has 25 heavy (non-hydrogen) atoms. The number of aryl methyl sites for hydroxylation is 1. The Labute approximate surface area is 149 Å². The molecule has 0 unspecified atom stereocenters. The monoisotopic (exact) mass is 349 g/mol. The van der Waals surface area contributed by atoms with Crippen LogP contribution in [-0.2, 0) is 0 Å². The molecule has 3 aromatic heterocycles. The standard InChI is InChI=1S/C19H19N5S/c1-11-23-15-4-3-12(7-16(15)25-11)13-8-20-17-14(13)9-21-18(24-17)22-10-19(2)5-6-19/h3-4,7-9H,5-6,10H2,1-2H3,(H2,20,21,22,24). The summed E-state index contributed by atoms with van der Waals surface area (Å²) in [5.74, 6) is 0.697. The fourth-order valence-corrected chi connectivity index (χ4v) is 3.99. The van der Waals surface area contributed by atoms with Crippen molar-refractivity contribution in [2.45, 2.75) is 26.7 Å². The van der Waals surface area contributed by atoms with Crippen LogP contribution >= 0.6 is 11.3 Å². The molecule has 0 bridgehead atoms. The molecule has 0 saturated heterocycles. The molecule has 126 valence electrons. The number of hydrogen-bond acceptors (Lipinski definition) is 5. The maximum Gasteiger partial charge on any atom is 0.224 e. The fraction of sp³-hybridized carbons (Fsp3) is 0.316. The summed E-state index contributed by atoms with van der Waals surface area (Å²) in [6.45, 7) is 5.27. The van der Waals surface area contributed by atoms with Crippen molar-refractivity contribution in [3.63, 3.8) is 0 Å². The normalized spacial score (nSPS) is 15.8. The highest BCUT2D eigenvalue weighted by Gasteiger charge is 2.36. The Balaban J connectivity index is 1.50. The Morgan fingerprint density at radius 1 is 1.28 bits per heavy atom. The molecule has 0 amide bonds. The third kappa shape index (κ3) is 2.66. The maximum absolute atomic E-state index is 4.63. The SMILES string of the molecule is Cc1nc2ccc(-c3c[nH]c4nc(NCC5(C)CC5)ncc34)cc2s1. The quantitative estimate of drug-likeness (QED) is 0.558.